The van der Waals surface area contributed by atoms with Crippen molar-refractivity contribution in [2.45, 2.75) is 37.6 Å². The van der Waals surface area contributed by atoms with Crippen molar-refractivity contribution in [3.05, 3.63) is 71.9 Å². The van der Waals surface area contributed by atoms with Crippen molar-refractivity contribution in [3.8, 4) is 5.75 Å². The average molecular weight is 536 g/mol. The van der Waals surface area contributed by atoms with E-state index >= 15 is 0 Å². The van der Waals surface area contributed by atoms with Gasteiger partial charge in [0.2, 0.25) is 0 Å². The number of alkyl carbamates (subject to hydrolysis) is 1. The molecule has 10 heteroatoms. The lowest BCUT2D eigenvalue weighted by atomic mass is 10.1. The minimum Gasteiger partial charge on any atom is -0.484 e. The number of rotatable bonds is 7. The molecule has 1 aliphatic heterocycles. The minimum atomic E-state index is -0.601. The summed E-state index contributed by atoms with van der Waals surface area (Å²) in [5.41, 5.74) is 1.46. The fraction of sp³-hybridized carbons (Fsp3) is 0.357. The Morgan fingerprint density at radius 3 is 2.61 bits per heavy atom. The first-order valence-corrected chi connectivity index (χ1v) is 13.6. The second kappa shape index (κ2) is 11.7. The molecular weight excluding hydrogens is 502 g/mol. The van der Waals surface area contributed by atoms with Crippen molar-refractivity contribution in [2.24, 2.45) is 0 Å². The molecular formula is C28H33N5O4S. The van der Waals surface area contributed by atoms with Gasteiger partial charge >= 0.3 is 6.09 Å². The van der Waals surface area contributed by atoms with Gasteiger partial charge in [-0.3, -0.25) is 4.79 Å². The Kier molecular flexibility index (Phi) is 8.41. The number of amides is 2. The van der Waals surface area contributed by atoms with Gasteiger partial charge in [0.25, 0.3) is 5.91 Å². The molecule has 1 unspecified atom stereocenters. The molecule has 0 fully saturated rings. The number of benzene rings is 2. The molecule has 2 amide bonds. The molecule has 2 aromatic carbocycles. The molecule has 0 saturated carbocycles. The van der Waals surface area contributed by atoms with Crippen molar-refractivity contribution in [1.29, 1.82) is 0 Å². The van der Waals surface area contributed by atoms with E-state index in [0.29, 0.717) is 41.1 Å². The normalized spacial score (nSPS) is 14.4. The van der Waals surface area contributed by atoms with Crippen LogP contribution in [0, 0.1) is 0 Å². The Labute approximate surface area is 227 Å². The molecule has 0 bridgehead atoms. The summed E-state index contributed by atoms with van der Waals surface area (Å²) in [5.74, 6) is 1.03. The Bertz CT molecular complexity index is 1280. The average Bonchev–Trinajstić information content (AvgIpc) is 3.02. The number of thioether (sulfide) groups is 1. The van der Waals surface area contributed by atoms with Crippen LogP contribution in [0.1, 0.15) is 42.8 Å². The molecule has 3 aromatic rings. The summed E-state index contributed by atoms with van der Waals surface area (Å²) in [6, 6.07) is 17.1. The van der Waals surface area contributed by atoms with Gasteiger partial charge < -0.3 is 24.6 Å². The van der Waals surface area contributed by atoms with Gasteiger partial charge in [-0.05, 0) is 44.7 Å². The highest BCUT2D eigenvalue weighted by Crippen LogP contribution is 2.30. The van der Waals surface area contributed by atoms with Crippen LogP contribution in [0.5, 0.6) is 5.75 Å². The second-order valence-corrected chi connectivity index (χ2v) is 10.6. The molecule has 1 aliphatic rings. The second-order valence-electron chi connectivity index (χ2n) is 9.87. The number of carbonyl (C=O) groups excluding carboxylic acids is 2. The SMILES string of the molecule is CSc1ncc2c(n1)N(C)CCN(c1cccc(OC(CNC(=O)OC(C)(C)C)c3ccccc3)c1)C2=O. The summed E-state index contributed by atoms with van der Waals surface area (Å²) in [6.45, 7) is 6.75. The Morgan fingerprint density at radius 1 is 1.13 bits per heavy atom. The Morgan fingerprint density at radius 2 is 1.89 bits per heavy atom. The van der Waals surface area contributed by atoms with Crippen LogP contribution in [-0.4, -0.2) is 60.5 Å². The van der Waals surface area contributed by atoms with E-state index in [1.165, 1.54) is 11.8 Å². The fourth-order valence-electron chi connectivity index (χ4n) is 4.02. The predicted molar refractivity (Wildman–Crippen MR) is 149 cm³/mol. The van der Waals surface area contributed by atoms with Gasteiger partial charge in [-0.2, -0.15) is 0 Å². The predicted octanol–water partition coefficient (Wildman–Crippen LogP) is 4.94. The quantitative estimate of drug-likeness (QED) is 0.336. The number of carbonyl (C=O) groups is 2. The zero-order valence-electron chi connectivity index (χ0n) is 22.3. The molecule has 9 nitrogen and oxygen atoms in total. The van der Waals surface area contributed by atoms with E-state index in [0.717, 1.165) is 5.56 Å². The lowest BCUT2D eigenvalue weighted by Gasteiger charge is -2.24. The highest BCUT2D eigenvalue weighted by atomic mass is 32.2. The molecule has 0 saturated heterocycles. The van der Waals surface area contributed by atoms with Crippen LogP contribution < -0.4 is 19.9 Å². The van der Waals surface area contributed by atoms with E-state index in [1.54, 1.807) is 11.1 Å². The third-order valence-electron chi connectivity index (χ3n) is 5.83. The molecule has 0 spiro atoms. The van der Waals surface area contributed by atoms with Gasteiger partial charge in [0.05, 0.1) is 6.54 Å². The third-order valence-corrected chi connectivity index (χ3v) is 6.40. The number of anilines is 2. The molecule has 200 valence electrons. The summed E-state index contributed by atoms with van der Waals surface area (Å²) in [4.78, 5) is 38.4. The molecule has 1 aromatic heterocycles. The number of nitrogens with one attached hydrogen (secondary N) is 1. The van der Waals surface area contributed by atoms with Crippen molar-refractivity contribution < 1.29 is 19.1 Å². The van der Waals surface area contributed by atoms with Gasteiger partial charge in [-0.1, -0.05) is 48.2 Å². The molecule has 0 aliphatic carbocycles. The van der Waals surface area contributed by atoms with Gasteiger partial charge in [0.15, 0.2) is 5.16 Å². The van der Waals surface area contributed by atoms with Crippen LogP contribution in [0.15, 0.2) is 66.0 Å². The van der Waals surface area contributed by atoms with E-state index in [2.05, 4.69) is 15.3 Å². The third kappa shape index (κ3) is 6.74. The fourth-order valence-corrected chi connectivity index (χ4v) is 4.36. The van der Waals surface area contributed by atoms with Crippen LogP contribution in [0.4, 0.5) is 16.3 Å². The minimum absolute atomic E-state index is 0.166. The first-order chi connectivity index (χ1) is 18.1. The first kappa shape index (κ1) is 27.3. The van der Waals surface area contributed by atoms with Crippen molar-refractivity contribution >= 4 is 35.3 Å². The van der Waals surface area contributed by atoms with Gasteiger partial charge in [-0.25, -0.2) is 14.8 Å². The Balaban J connectivity index is 1.56. The van der Waals surface area contributed by atoms with Crippen LogP contribution in [-0.2, 0) is 4.74 Å². The van der Waals surface area contributed by atoms with E-state index in [9.17, 15) is 9.59 Å². The molecule has 38 heavy (non-hydrogen) atoms. The molecule has 1 N–H and O–H groups in total. The summed E-state index contributed by atoms with van der Waals surface area (Å²) in [6.07, 6.45) is 2.52. The zero-order valence-corrected chi connectivity index (χ0v) is 23.1. The maximum absolute atomic E-state index is 13.5. The van der Waals surface area contributed by atoms with Crippen molar-refractivity contribution in [3.63, 3.8) is 0 Å². The number of nitrogens with zero attached hydrogens (tertiary/aromatic N) is 4. The maximum Gasteiger partial charge on any atom is 0.407 e. The van der Waals surface area contributed by atoms with Crippen LogP contribution in [0.25, 0.3) is 0 Å². The van der Waals surface area contributed by atoms with Crippen LogP contribution in [0.2, 0.25) is 0 Å². The number of hydrogen-bond donors (Lipinski definition) is 1. The van der Waals surface area contributed by atoms with Crippen molar-refractivity contribution in [2.75, 3.05) is 42.7 Å². The number of aromatic nitrogens is 2. The smallest absolute Gasteiger partial charge is 0.407 e. The zero-order chi connectivity index (χ0) is 27.3. The van der Waals surface area contributed by atoms with E-state index in [4.69, 9.17) is 9.47 Å². The topological polar surface area (TPSA) is 96.9 Å². The number of hydrogen-bond acceptors (Lipinski definition) is 8. The molecule has 1 atom stereocenters. The lowest BCUT2D eigenvalue weighted by Crippen LogP contribution is -2.36. The first-order valence-electron chi connectivity index (χ1n) is 12.4. The molecule has 2 heterocycles. The number of likely N-dealkylation sites (N-methyl/N-ethyl adjacent to an activating group) is 1. The van der Waals surface area contributed by atoms with E-state index in [1.807, 2.05) is 93.6 Å². The molecule has 0 radical (unpaired) electrons. The number of ether oxygens (including phenoxy) is 2. The summed E-state index contributed by atoms with van der Waals surface area (Å²) in [5, 5.41) is 3.43. The summed E-state index contributed by atoms with van der Waals surface area (Å²) < 4.78 is 11.7. The molecule has 4 rings (SSSR count). The number of fused-ring (bicyclic) bond motifs is 1. The van der Waals surface area contributed by atoms with Gasteiger partial charge in [-0.15, -0.1) is 0 Å². The van der Waals surface area contributed by atoms with E-state index < -0.39 is 17.8 Å². The summed E-state index contributed by atoms with van der Waals surface area (Å²) >= 11 is 1.44. The van der Waals surface area contributed by atoms with Crippen LogP contribution in [0.3, 0.4) is 0 Å². The summed E-state index contributed by atoms with van der Waals surface area (Å²) in [7, 11) is 1.92. The monoisotopic (exact) mass is 535 g/mol. The van der Waals surface area contributed by atoms with E-state index in [-0.39, 0.29) is 12.5 Å². The van der Waals surface area contributed by atoms with Gasteiger partial charge in [0.1, 0.15) is 28.8 Å². The lowest BCUT2D eigenvalue weighted by molar-refractivity contribution is 0.0500. The van der Waals surface area contributed by atoms with Crippen LogP contribution >= 0.6 is 11.8 Å². The Hall–Kier alpha value is -3.79. The van der Waals surface area contributed by atoms with Crippen molar-refractivity contribution in [1.82, 2.24) is 15.3 Å². The standard InChI is InChI=1S/C28H33N5O4S/c1-28(2,3)37-27(35)30-18-23(19-10-7-6-8-11-19)36-21-13-9-12-20(16-21)33-15-14-32(4)24-22(25(33)34)17-29-26(31-24)38-5/h6-13,16-17,23H,14-15,18H2,1-5H3,(H,30,35). The largest absolute Gasteiger partial charge is 0.484 e. The highest BCUT2D eigenvalue weighted by molar-refractivity contribution is 7.98. The van der Waals surface area contributed by atoms with Gasteiger partial charge in [0, 0.05) is 38.1 Å². The highest BCUT2D eigenvalue weighted by Gasteiger charge is 2.28. The maximum atomic E-state index is 13.5.